The second-order valence-electron chi connectivity index (χ2n) is 2.93. The van der Waals surface area contributed by atoms with Crippen LogP contribution in [0, 0.1) is 0 Å². The first-order valence-corrected chi connectivity index (χ1v) is 5.18. The molecule has 0 amide bonds. The van der Waals surface area contributed by atoms with Gasteiger partial charge in [0.05, 0.1) is 4.47 Å². The Morgan fingerprint density at radius 1 is 1.64 bits per heavy atom. The number of hydrazine groups is 1. The number of halogens is 1. The minimum absolute atomic E-state index is 0.422. The summed E-state index contributed by atoms with van der Waals surface area (Å²) in [6, 6.07) is 0. The lowest BCUT2D eigenvalue weighted by Gasteiger charge is -2.18. The Bertz CT molecular complexity index is 304. The molecule has 0 aliphatic carbocycles. The summed E-state index contributed by atoms with van der Waals surface area (Å²) in [5.41, 5.74) is 2.42. The van der Waals surface area contributed by atoms with Gasteiger partial charge in [-0.05, 0) is 22.4 Å². The molecular weight excluding hydrogens is 246 g/mol. The first-order chi connectivity index (χ1) is 6.69. The fourth-order valence-electron chi connectivity index (χ4n) is 1.14. The molecule has 78 valence electrons. The van der Waals surface area contributed by atoms with Crippen LogP contribution >= 0.6 is 15.9 Å². The quantitative estimate of drug-likeness (QED) is 0.632. The highest BCUT2D eigenvalue weighted by Gasteiger charge is 2.08. The number of hydrogen-bond acceptors (Lipinski definition) is 5. The van der Waals surface area contributed by atoms with E-state index in [2.05, 4.69) is 38.2 Å². The maximum Gasteiger partial charge on any atom is 0.239 e. The molecule has 0 saturated carbocycles. The first kappa shape index (κ1) is 11.2. The average Bonchev–Trinajstić information content (AvgIpc) is 2.19. The molecule has 0 radical (unpaired) electrons. The third-order valence-electron chi connectivity index (χ3n) is 1.78. The van der Waals surface area contributed by atoms with Crippen molar-refractivity contribution >= 4 is 27.7 Å². The van der Waals surface area contributed by atoms with Crippen molar-refractivity contribution in [1.29, 1.82) is 0 Å². The van der Waals surface area contributed by atoms with Crippen LogP contribution < -0.4 is 16.2 Å². The van der Waals surface area contributed by atoms with Gasteiger partial charge >= 0.3 is 0 Å². The van der Waals surface area contributed by atoms with Crippen molar-refractivity contribution in [3.05, 3.63) is 10.7 Å². The number of aromatic nitrogens is 2. The molecule has 0 spiro atoms. The van der Waals surface area contributed by atoms with Gasteiger partial charge in [-0.3, -0.25) is 5.43 Å². The highest BCUT2D eigenvalue weighted by Crippen LogP contribution is 2.22. The highest BCUT2D eigenvalue weighted by molar-refractivity contribution is 9.10. The van der Waals surface area contributed by atoms with Gasteiger partial charge in [-0.15, -0.1) is 0 Å². The van der Waals surface area contributed by atoms with Gasteiger partial charge in [-0.1, -0.05) is 6.92 Å². The molecule has 1 rings (SSSR count). The number of nitrogens with two attached hydrogens (primary N) is 1. The lowest BCUT2D eigenvalue weighted by atomic mass is 10.4. The molecule has 1 heterocycles. The number of nitrogens with zero attached hydrogens (tertiary/aromatic N) is 3. The predicted molar refractivity (Wildman–Crippen MR) is 61.1 cm³/mol. The van der Waals surface area contributed by atoms with Crippen LogP contribution in [0.2, 0.25) is 0 Å². The number of rotatable bonds is 4. The molecule has 14 heavy (non-hydrogen) atoms. The average molecular weight is 260 g/mol. The van der Waals surface area contributed by atoms with Gasteiger partial charge in [0.15, 0.2) is 0 Å². The van der Waals surface area contributed by atoms with Gasteiger partial charge in [0.2, 0.25) is 5.95 Å². The molecule has 1 aromatic heterocycles. The SMILES string of the molecule is CCCN(C)c1nc(NN)ncc1Br. The van der Waals surface area contributed by atoms with Crippen LogP contribution in [-0.2, 0) is 0 Å². The van der Waals surface area contributed by atoms with Crippen LogP contribution in [-0.4, -0.2) is 23.6 Å². The van der Waals surface area contributed by atoms with Crippen LogP contribution in [0.15, 0.2) is 10.7 Å². The first-order valence-electron chi connectivity index (χ1n) is 4.39. The van der Waals surface area contributed by atoms with Crippen LogP contribution in [0.25, 0.3) is 0 Å². The molecule has 1 aromatic rings. The lowest BCUT2D eigenvalue weighted by molar-refractivity contribution is 0.832. The molecule has 0 aromatic carbocycles. The molecule has 0 fully saturated rings. The summed E-state index contributed by atoms with van der Waals surface area (Å²) < 4.78 is 0.868. The largest absolute Gasteiger partial charge is 0.359 e. The van der Waals surface area contributed by atoms with Gasteiger partial charge in [0.25, 0.3) is 0 Å². The highest BCUT2D eigenvalue weighted by atomic mass is 79.9. The molecule has 3 N–H and O–H groups in total. The predicted octanol–water partition coefficient (Wildman–Crippen LogP) is 1.37. The zero-order chi connectivity index (χ0) is 10.6. The zero-order valence-corrected chi connectivity index (χ0v) is 9.87. The fraction of sp³-hybridized carbons (Fsp3) is 0.500. The minimum Gasteiger partial charge on any atom is -0.359 e. The molecule has 0 aliphatic rings. The van der Waals surface area contributed by atoms with Crippen molar-refractivity contribution in [3.63, 3.8) is 0 Å². The Balaban J connectivity index is 2.93. The molecule has 0 saturated heterocycles. The number of nitrogen functional groups attached to an aromatic ring is 1. The Labute approximate surface area is 91.8 Å². The second-order valence-corrected chi connectivity index (χ2v) is 3.79. The second kappa shape index (κ2) is 5.11. The standard InChI is InChI=1S/C8H14BrN5/c1-3-4-14(2)7-6(9)5-11-8(12-7)13-10/h5H,3-4,10H2,1-2H3,(H,11,12,13). The van der Waals surface area contributed by atoms with E-state index in [0.29, 0.717) is 5.95 Å². The topological polar surface area (TPSA) is 67.1 Å². The Kier molecular flexibility index (Phi) is 4.09. The molecule has 0 bridgehead atoms. The monoisotopic (exact) mass is 259 g/mol. The maximum atomic E-state index is 5.23. The van der Waals surface area contributed by atoms with Crippen molar-refractivity contribution < 1.29 is 0 Å². The van der Waals surface area contributed by atoms with Gasteiger partial charge in [-0.25, -0.2) is 10.8 Å². The van der Waals surface area contributed by atoms with E-state index in [1.54, 1.807) is 6.20 Å². The van der Waals surface area contributed by atoms with Crippen LogP contribution in [0.5, 0.6) is 0 Å². The number of nitrogens with one attached hydrogen (secondary N) is 1. The van der Waals surface area contributed by atoms with Crippen molar-refractivity contribution in [2.75, 3.05) is 23.9 Å². The van der Waals surface area contributed by atoms with Crippen LogP contribution in [0.3, 0.4) is 0 Å². The molecule has 0 atom stereocenters. The van der Waals surface area contributed by atoms with Crippen molar-refractivity contribution in [3.8, 4) is 0 Å². The normalized spacial score (nSPS) is 10.0. The summed E-state index contributed by atoms with van der Waals surface area (Å²) in [5, 5.41) is 0. The molecule has 0 unspecified atom stereocenters. The van der Waals surface area contributed by atoms with E-state index >= 15 is 0 Å². The van der Waals surface area contributed by atoms with E-state index in [0.717, 1.165) is 23.3 Å². The smallest absolute Gasteiger partial charge is 0.239 e. The van der Waals surface area contributed by atoms with Crippen LogP contribution in [0.1, 0.15) is 13.3 Å². The van der Waals surface area contributed by atoms with Gasteiger partial charge in [0.1, 0.15) is 5.82 Å². The lowest BCUT2D eigenvalue weighted by Crippen LogP contribution is -2.21. The van der Waals surface area contributed by atoms with E-state index < -0.39 is 0 Å². The summed E-state index contributed by atoms with van der Waals surface area (Å²) in [5.74, 6) is 6.50. The van der Waals surface area contributed by atoms with Crippen molar-refractivity contribution in [1.82, 2.24) is 9.97 Å². The van der Waals surface area contributed by atoms with E-state index in [1.807, 2.05) is 11.9 Å². The van der Waals surface area contributed by atoms with Crippen molar-refractivity contribution in [2.24, 2.45) is 5.84 Å². The zero-order valence-electron chi connectivity index (χ0n) is 8.29. The summed E-state index contributed by atoms with van der Waals surface area (Å²) in [7, 11) is 1.98. The summed E-state index contributed by atoms with van der Waals surface area (Å²) in [4.78, 5) is 10.3. The van der Waals surface area contributed by atoms with E-state index in [9.17, 15) is 0 Å². The third kappa shape index (κ3) is 2.55. The van der Waals surface area contributed by atoms with Gasteiger partial charge in [0, 0.05) is 19.8 Å². The molecule has 6 heteroatoms. The maximum absolute atomic E-state index is 5.23. The van der Waals surface area contributed by atoms with Gasteiger partial charge in [-0.2, -0.15) is 4.98 Å². The number of anilines is 2. The summed E-state index contributed by atoms with van der Waals surface area (Å²) in [6.45, 7) is 3.06. The van der Waals surface area contributed by atoms with E-state index in [4.69, 9.17) is 5.84 Å². The minimum atomic E-state index is 0.422. The van der Waals surface area contributed by atoms with E-state index in [1.165, 1.54) is 0 Å². The van der Waals surface area contributed by atoms with Gasteiger partial charge < -0.3 is 4.90 Å². The van der Waals surface area contributed by atoms with Crippen molar-refractivity contribution in [2.45, 2.75) is 13.3 Å². The molecular formula is C8H14BrN5. The van der Waals surface area contributed by atoms with E-state index in [-0.39, 0.29) is 0 Å². The number of hydrogen-bond donors (Lipinski definition) is 2. The molecule has 0 aliphatic heterocycles. The Morgan fingerprint density at radius 3 is 2.93 bits per heavy atom. The third-order valence-corrected chi connectivity index (χ3v) is 2.33. The summed E-state index contributed by atoms with van der Waals surface area (Å²) >= 11 is 3.39. The Morgan fingerprint density at radius 2 is 2.36 bits per heavy atom. The fourth-order valence-corrected chi connectivity index (χ4v) is 1.63. The Hall–Kier alpha value is -0.880. The van der Waals surface area contributed by atoms with Crippen LogP contribution in [0.4, 0.5) is 11.8 Å². The molecule has 5 nitrogen and oxygen atoms in total. The summed E-state index contributed by atoms with van der Waals surface area (Å²) in [6.07, 6.45) is 2.75.